The molecule has 5 saturated heterocycles. The summed E-state index contributed by atoms with van der Waals surface area (Å²) in [4.78, 5) is 0. The van der Waals surface area contributed by atoms with Gasteiger partial charge in [-0.1, -0.05) is 13.2 Å². The van der Waals surface area contributed by atoms with Crippen molar-refractivity contribution in [1.82, 2.24) is 0 Å². The summed E-state index contributed by atoms with van der Waals surface area (Å²) in [7, 11) is -41.6. The standard InChI is InChI=1S/C20H32O15Si10/c1-11-21-37(12-2)24-40(15-5)26-38(13-3)22-36-23-39(14-4)27-41(16-6,25-37)31-45(20-10)34-43(18-8,29-39)32-42(17-7,28-38)33-44(19-9,30-40)35-45/h11-20H,1-10,36H2. The van der Waals surface area contributed by atoms with E-state index in [9.17, 15) is 0 Å². The third-order valence-electron chi connectivity index (χ3n) is 6.43. The topological polar surface area (TPSA) is 138 Å². The van der Waals surface area contributed by atoms with Gasteiger partial charge < -0.3 is 62.0 Å². The predicted molar refractivity (Wildman–Crippen MR) is 179 cm³/mol. The Kier molecular flexibility index (Phi) is 9.40. The van der Waals surface area contributed by atoms with Crippen molar-refractivity contribution in [2.75, 3.05) is 0 Å². The molecule has 8 atom stereocenters. The van der Waals surface area contributed by atoms with Crippen molar-refractivity contribution in [3.05, 3.63) is 123 Å². The molecule has 0 saturated carbocycles. The van der Waals surface area contributed by atoms with Crippen LogP contribution in [0.5, 0.6) is 0 Å². The number of fused-ring (bicyclic) bond motifs is 4. The molecular formula is C20H32O15Si10. The highest BCUT2D eigenvalue weighted by molar-refractivity contribution is 7.05. The molecule has 5 aliphatic rings. The Morgan fingerprint density at radius 1 is 0.333 bits per heavy atom. The van der Waals surface area contributed by atoms with Gasteiger partial charge in [0.15, 0.2) is 0 Å². The summed E-state index contributed by atoms with van der Waals surface area (Å²) in [5, 5.41) is 0. The molecule has 0 radical (unpaired) electrons. The Bertz CT molecular complexity index is 1290. The van der Waals surface area contributed by atoms with Crippen LogP contribution in [0.1, 0.15) is 0 Å². The van der Waals surface area contributed by atoms with Crippen molar-refractivity contribution in [2.45, 2.75) is 0 Å². The van der Waals surface area contributed by atoms with Crippen molar-refractivity contribution in [3.63, 3.8) is 0 Å². The minimum Gasteiger partial charge on any atom is -0.506 e. The van der Waals surface area contributed by atoms with Crippen LogP contribution < -0.4 is 0 Å². The smallest absolute Gasteiger partial charge is 0.506 e. The van der Waals surface area contributed by atoms with Crippen LogP contribution in [0, 0.1) is 0 Å². The third kappa shape index (κ3) is 5.91. The Balaban J connectivity index is 2.00. The van der Waals surface area contributed by atoms with Gasteiger partial charge in [-0.3, -0.25) is 0 Å². The summed E-state index contributed by atoms with van der Waals surface area (Å²) in [5.41, 5.74) is 11.8. The maximum Gasteiger partial charge on any atom is 0.579 e. The van der Waals surface area contributed by atoms with Crippen molar-refractivity contribution in [1.29, 1.82) is 0 Å². The zero-order valence-corrected chi connectivity index (χ0v) is 34.6. The summed E-state index contributed by atoms with van der Waals surface area (Å²) in [6, 6.07) is 0. The van der Waals surface area contributed by atoms with Gasteiger partial charge in [-0.25, -0.2) is 0 Å². The van der Waals surface area contributed by atoms with Gasteiger partial charge in [0.05, 0.1) is 6.26 Å². The van der Waals surface area contributed by atoms with E-state index in [0.717, 1.165) is 6.26 Å². The fraction of sp³-hybridized carbons (Fsp3) is 0. The first-order valence-corrected chi connectivity index (χ1v) is 30.4. The molecule has 5 rings (SSSR count). The normalized spacial score (nSPS) is 49.3. The Hall–Kier alpha value is -1.19. The zero-order valence-electron chi connectivity index (χ0n) is 24.2. The van der Waals surface area contributed by atoms with Crippen LogP contribution in [-0.4, -0.2) is 89.2 Å². The highest BCUT2D eigenvalue weighted by atomic mass is 28.6. The van der Waals surface area contributed by atoms with Crippen molar-refractivity contribution in [3.8, 4) is 0 Å². The van der Waals surface area contributed by atoms with E-state index < -0.39 is 89.2 Å². The second-order valence-corrected chi connectivity index (χ2v) is 36.3. The van der Waals surface area contributed by atoms with Gasteiger partial charge >= 0.3 is 79.2 Å². The molecule has 45 heavy (non-hydrogen) atoms. The Morgan fingerprint density at radius 2 is 0.578 bits per heavy atom. The fourth-order valence-electron chi connectivity index (χ4n) is 4.46. The molecule has 8 unspecified atom stereocenters. The lowest BCUT2D eigenvalue weighted by atomic mass is 11.2. The summed E-state index contributed by atoms with van der Waals surface area (Å²) in [6.07, 6.45) is 1.10. The largest absolute Gasteiger partial charge is 0.579 e. The maximum atomic E-state index is 6.75. The molecule has 0 aromatic rings. The van der Waals surface area contributed by atoms with Crippen LogP contribution >= 0.6 is 0 Å². The Labute approximate surface area is 273 Å². The summed E-state index contributed by atoms with van der Waals surface area (Å²) in [5.74, 6) is 0. The van der Waals surface area contributed by atoms with Crippen LogP contribution in [0.4, 0.5) is 0 Å². The lowest BCUT2D eigenvalue weighted by Gasteiger charge is -2.56. The maximum absolute atomic E-state index is 6.75. The van der Waals surface area contributed by atoms with Crippen molar-refractivity contribution < 1.29 is 62.0 Å². The molecule has 0 amide bonds. The average molecular weight is 793 g/mol. The lowest BCUT2D eigenvalue weighted by Crippen LogP contribution is -2.83. The predicted octanol–water partition coefficient (Wildman–Crippen LogP) is 1.42. The van der Waals surface area contributed by atoms with Crippen molar-refractivity contribution in [2.24, 2.45) is 0 Å². The molecule has 15 nitrogen and oxygen atoms in total. The number of rotatable bonds is 11. The first-order chi connectivity index (χ1) is 21.3. The van der Waals surface area contributed by atoms with Gasteiger partial charge in [-0.2, -0.15) is 0 Å². The van der Waals surface area contributed by atoms with Gasteiger partial charge in [0.2, 0.25) is 0 Å². The molecule has 25 heteroatoms. The van der Waals surface area contributed by atoms with E-state index in [1.54, 1.807) is 0 Å². The molecule has 5 fully saturated rings. The van der Waals surface area contributed by atoms with E-state index in [2.05, 4.69) is 65.8 Å². The lowest BCUT2D eigenvalue weighted by molar-refractivity contribution is 0.0187. The molecular weight excluding hydrogens is 761 g/mol. The van der Waals surface area contributed by atoms with Crippen LogP contribution in [-0.2, 0) is 62.0 Å². The molecule has 0 N–H and O–H groups in total. The first kappa shape index (κ1) is 35.1. The monoisotopic (exact) mass is 792 g/mol. The van der Waals surface area contributed by atoms with Crippen molar-refractivity contribution >= 4 is 89.2 Å². The SMILES string of the molecule is C=CO[Si]1(C=C)O[Si]2(C=C)O[Si]3(C=C)O[SiH2]O[Si]4(C=C)O[Si](C=C)(O1)O[Si]1(C=C)O[Si](C=C)(O4)O[Si](C=C)(O3)O[Si](C=C)(O2)O1. The van der Waals surface area contributed by atoms with E-state index in [1.165, 1.54) is 51.3 Å². The quantitative estimate of drug-likeness (QED) is 0.220. The van der Waals surface area contributed by atoms with E-state index in [4.69, 9.17) is 62.0 Å². The highest BCUT2D eigenvalue weighted by Gasteiger charge is 2.78. The Morgan fingerprint density at radius 3 is 0.800 bits per heavy atom. The second-order valence-electron chi connectivity index (χ2n) is 9.18. The zero-order chi connectivity index (χ0) is 32.9. The van der Waals surface area contributed by atoms with E-state index in [0.29, 0.717) is 0 Å². The van der Waals surface area contributed by atoms with Crippen LogP contribution in [0.3, 0.4) is 0 Å². The molecule has 5 aliphatic heterocycles. The van der Waals surface area contributed by atoms with Crippen LogP contribution in [0.25, 0.3) is 0 Å². The van der Waals surface area contributed by atoms with Gasteiger partial charge in [-0.15, -0.1) is 52.6 Å². The van der Waals surface area contributed by atoms with E-state index >= 15 is 0 Å². The van der Waals surface area contributed by atoms with Gasteiger partial charge in [-0.05, 0) is 51.3 Å². The van der Waals surface area contributed by atoms with E-state index in [-0.39, 0.29) is 0 Å². The van der Waals surface area contributed by atoms with Gasteiger partial charge in [0, 0.05) is 0 Å². The summed E-state index contributed by atoms with van der Waals surface area (Å²) >= 11 is 0. The molecule has 5 heterocycles. The third-order valence-corrected chi connectivity index (χ3v) is 42.9. The van der Waals surface area contributed by atoms with Gasteiger partial charge in [0.25, 0.3) is 10.0 Å². The van der Waals surface area contributed by atoms with Gasteiger partial charge in [0.1, 0.15) is 0 Å². The van der Waals surface area contributed by atoms with Crippen LogP contribution in [0.15, 0.2) is 123 Å². The fourth-order valence-corrected chi connectivity index (χ4v) is 49.7. The molecule has 0 spiro atoms. The number of hydrogen-bond donors (Lipinski definition) is 0. The number of hydrogen-bond acceptors (Lipinski definition) is 15. The molecule has 0 aliphatic carbocycles. The molecule has 242 valence electrons. The highest BCUT2D eigenvalue weighted by Crippen LogP contribution is 2.46. The molecule has 8 bridgehead atoms. The average Bonchev–Trinajstić information content (AvgIpc) is 3.01. The molecule has 0 aromatic heterocycles. The minimum atomic E-state index is -4.47. The summed E-state index contributed by atoms with van der Waals surface area (Å²) in [6.45, 7) is 39.3. The molecule has 0 aromatic carbocycles. The minimum absolute atomic E-state index is 1.10. The van der Waals surface area contributed by atoms with E-state index in [1.807, 2.05) is 0 Å². The first-order valence-electron chi connectivity index (χ1n) is 13.0. The second kappa shape index (κ2) is 12.0. The van der Waals surface area contributed by atoms with Crippen LogP contribution in [0.2, 0.25) is 0 Å². The summed E-state index contributed by atoms with van der Waals surface area (Å²) < 4.78 is 99.0.